The summed E-state index contributed by atoms with van der Waals surface area (Å²) in [5.41, 5.74) is 0.787. The van der Waals surface area contributed by atoms with Gasteiger partial charge in [-0.15, -0.1) is 0 Å². The summed E-state index contributed by atoms with van der Waals surface area (Å²) in [7, 11) is 0. The van der Waals surface area contributed by atoms with Gasteiger partial charge in [-0.2, -0.15) is 13.9 Å². The lowest BCUT2D eigenvalue weighted by molar-refractivity contribution is -0.126. The standard InChI is InChI=1S/C8H11F2N3O/c1-4(2)5-3-6(13-12-5)11-8(14)7(9)10/h3-4,7H,1-2H3,(H2,11,12,13,14). The summed E-state index contributed by atoms with van der Waals surface area (Å²) in [6.45, 7) is 3.85. The van der Waals surface area contributed by atoms with Crippen molar-refractivity contribution in [2.45, 2.75) is 26.2 Å². The highest BCUT2D eigenvalue weighted by Crippen LogP contribution is 2.14. The number of amides is 1. The summed E-state index contributed by atoms with van der Waals surface area (Å²) >= 11 is 0. The minimum atomic E-state index is -3.02. The Kier molecular flexibility index (Phi) is 3.16. The number of rotatable bonds is 3. The zero-order valence-electron chi connectivity index (χ0n) is 7.84. The van der Waals surface area contributed by atoms with Crippen molar-refractivity contribution >= 4 is 11.7 Å². The highest BCUT2D eigenvalue weighted by Gasteiger charge is 2.16. The van der Waals surface area contributed by atoms with E-state index < -0.39 is 12.3 Å². The molecule has 6 heteroatoms. The van der Waals surface area contributed by atoms with Gasteiger partial charge in [0, 0.05) is 11.8 Å². The maximum atomic E-state index is 11.8. The van der Waals surface area contributed by atoms with Gasteiger partial charge in [-0.25, -0.2) is 0 Å². The SMILES string of the molecule is CC(C)c1cc(NC(=O)C(F)F)n[nH]1. The number of aromatic nitrogens is 2. The predicted molar refractivity (Wildman–Crippen MR) is 47.3 cm³/mol. The number of nitrogens with zero attached hydrogens (tertiary/aromatic N) is 1. The smallest absolute Gasteiger partial charge is 0.304 e. The molecule has 0 bridgehead atoms. The summed E-state index contributed by atoms with van der Waals surface area (Å²) in [6, 6.07) is 1.53. The number of carbonyl (C=O) groups is 1. The molecule has 1 rings (SSSR count). The van der Waals surface area contributed by atoms with E-state index >= 15 is 0 Å². The fourth-order valence-corrected chi connectivity index (χ4v) is 0.877. The molecule has 0 aliphatic carbocycles. The molecule has 0 aliphatic heterocycles. The first-order valence-electron chi connectivity index (χ1n) is 4.15. The molecule has 0 aliphatic rings. The van der Waals surface area contributed by atoms with Gasteiger partial charge in [0.15, 0.2) is 5.82 Å². The molecule has 1 aromatic rings. The molecule has 0 unspecified atom stereocenters. The summed E-state index contributed by atoms with van der Waals surface area (Å²) in [4.78, 5) is 10.6. The molecule has 0 spiro atoms. The van der Waals surface area contributed by atoms with Crippen LogP contribution in [0.15, 0.2) is 6.07 Å². The first-order chi connectivity index (χ1) is 6.50. The summed E-state index contributed by atoms with van der Waals surface area (Å²) in [5.74, 6) is -1.01. The Morgan fingerprint density at radius 1 is 1.57 bits per heavy atom. The van der Waals surface area contributed by atoms with Gasteiger partial charge < -0.3 is 5.32 Å². The number of aromatic amines is 1. The van der Waals surface area contributed by atoms with Crippen molar-refractivity contribution in [2.75, 3.05) is 5.32 Å². The maximum Gasteiger partial charge on any atom is 0.315 e. The number of carbonyl (C=O) groups excluding carboxylic acids is 1. The quantitative estimate of drug-likeness (QED) is 0.786. The Morgan fingerprint density at radius 3 is 2.64 bits per heavy atom. The van der Waals surface area contributed by atoms with Gasteiger partial charge in [0.2, 0.25) is 0 Å². The average molecular weight is 203 g/mol. The van der Waals surface area contributed by atoms with Crippen molar-refractivity contribution in [3.05, 3.63) is 11.8 Å². The summed E-state index contributed by atoms with van der Waals surface area (Å²) < 4.78 is 23.7. The minimum Gasteiger partial charge on any atom is -0.304 e. The van der Waals surface area contributed by atoms with Gasteiger partial charge in [-0.3, -0.25) is 9.89 Å². The first-order valence-corrected chi connectivity index (χ1v) is 4.15. The lowest BCUT2D eigenvalue weighted by atomic mass is 10.1. The molecule has 2 N–H and O–H groups in total. The molecule has 1 heterocycles. The van der Waals surface area contributed by atoms with Crippen LogP contribution in [-0.2, 0) is 4.79 Å². The van der Waals surface area contributed by atoms with E-state index in [4.69, 9.17) is 0 Å². The molecule has 1 aromatic heterocycles. The van der Waals surface area contributed by atoms with Crippen molar-refractivity contribution in [2.24, 2.45) is 0 Å². The number of nitrogens with one attached hydrogen (secondary N) is 2. The predicted octanol–water partition coefficient (Wildman–Crippen LogP) is 1.74. The third-order valence-corrected chi connectivity index (χ3v) is 1.67. The second kappa shape index (κ2) is 4.17. The normalized spacial score (nSPS) is 11.0. The van der Waals surface area contributed by atoms with Crippen LogP contribution in [0, 0.1) is 0 Å². The molecule has 0 radical (unpaired) electrons. The Hall–Kier alpha value is -1.46. The van der Waals surface area contributed by atoms with Crippen LogP contribution < -0.4 is 5.32 Å². The minimum absolute atomic E-state index is 0.124. The van der Waals surface area contributed by atoms with Gasteiger partial charge >= 0.3 is 6.43 Å². The molecule has 1 amide bonds. The molecule has 0 saturated heterocycles. The van der Waals surface area contributed by atoms with E-state index in [0.29, 0.717) is 0 Å². The number of anilines is 1. The van der Waals surface area contributed by atoms with Crippen LogP contribution in [0.4, 0.5) is 14.6 Å². The molecule has 14 heavy (non-hydrogen) atoms. The fourth-order valence-electron chi connectivity index (χ4n) is 0.877. The van der Waals surface area contributed by atoms with Crippen LogP contribution in [0.1, 0.15) is 25.5 Å². The molecule has 0 fully saturated rings. The molecule has 78 valence electrons. The van der Waals surface area contributed by atoms with Gasteiger partial charge in [0.05, 0.1) is 0 Å². The monoisotopic (exact) mass is 203 g/mol. The number of alkyl halides is 2. The molecular weight excluding hydrogens is 192 g/mol. The van der Waals surface area contributed by atoms with Gasteiger partial charge in [-0.05, 0) is 5.92 Å². The van der Waals surface area contributed by atoms with E-state index in [1.54, 1.807) is 0 Å². The van der Waals surface area contributed by atoms with E-state index in [9.17, 15) is 13.6 Å². The highest BCUT2D eigenvalue weighted by atomic mass is 19.3. The van der Waals surface area contributed by atoms with E-state index in [-0.39, 0.29) is 11.7 Å². The van der Waals surface area contributed by atoms with Gasteiger partial charge in [-0.1, -0.05) is 13.8 Å². The third kappa shape index (κ3) is 2.51. The van der Waals surface area contributed by atoms with E-state index in [1.165, 1.54) is 6.07 Å². The van der Waals surface area contributed by atoms with Gasteiger partial charge in [0.25, 0.3) is 5.91 Å². The lowest BCUT2D eigenvalue weighted by Crippen LogP contribution is -2.20. The summed E-state index contributed by atoms with van der Waals surface area (Å²) in [6.07, 6.45) is -3.02. The van der Waals surface area contributed by atoms with E-state index in [0.717, 1.165) is 5.69 Å². The second-order valence-electron chi connectivity index (χ2n) is 3.15. The Labute approximate surface area is 79.7 Å². The second-order valence-corrected chi connectivity index (χ2v) is 3.15. The van der Waals surface area contributed by atoms with Gasteiger partial charge in [0.1, 0.15) is 0 Å². The largest absolute Gasteiger partial charge is 0.315 e. The Balaban J connectivity index is 2.64. The summed E-state index contributed by atoms with van der Waals surface area (Å²) in [5, 5.41) is 8.29. The number of hydrogen-bond donors (Lipinski definition) is 2. The van der Waals surface area contributed by atoms with E-state index in [1.807, 2.05) is 19.2 Å². The topological polar surface area (TPSA) is 57.8 Å². The van der Waals surface area contributed by atoms with Crippen LogP contribution >= 0.6 is 0 Å². The van der Waals surface area contributed by atoms with Crippen LogP contribution in [0.5, 0.6) is 0 Å². The number of H-pyrrole nitrogens is 1. The van der Waals surface area contributed by atoms with Crippen LogP contribution in [0.25, 0.3) is 0 Å². The first kappa shape index (κ1) is 10.6. The zero-order valence-corrected chi connectivity index (χ0v) is 7.84. The van der Waals surface area contributed by atoms with Crippen LogP contribution in [-0.4, -0.2) is 22.5 Å². The number of halogens is 2. The molecule has 0 aromatic carbocycles. The van der Waals surface area contributed by atoms with Crippen molar-refractivity contribution in [1.82, 2.24) is 10.2 Å². The van der Waals surface area contributed by atoms with Crippen LogP contribution in [0.3, 0.4) is 0 Å². The zero-order chi connectivity index (χ0) is 10.7. The van der Waals surface area contributed by atoms with Crippen molar-refractivity contribution in [3.8, 4) is 0 Å². The molecule has 0 atom stereocenters. The van der Waals surface area contributed by atoms with E-state index in [2.05, 4.69) is 10.2 Å². The Bertz CT molecular complexity index is 322. The molecular formula is C8H11F2N3O. The molecule has 0 saturated carbocycles. The average Bonchev–Trinajstić information content (AvgIpc) is 2.52. The molecule has 4 nitrogen and oxygen atoms in total. The van der Waals surface area contributed by atoms with Crippen molar-refractivity contribution < 1.29 is 13.6 Å². The van der Waals surface area contributed by atoms with Crippen molar-refractivity contribution in [3.63, 3.8) is 0 Å². The Morgan fingerprint density at radius 2 is 2.21 bits per heavy atom. The third-order valence-electron chi connectivity index (χ3n) is 1.67. The number of hydrogen-bond acceptors (Lipinski definition) is 2. The van der Waals surface area contributed by atoms with Crippen LogP contribution in [0.2, 0.25) is 0 Å². The fraction of sp³-hybridized carbons (Fsp3) is 0.500. The maximum absolute atomic E-state index is 11.8. The van der Waals surface area contributed by atoms with Crippen molar-refractivity contribution in [1.29, 1.82) is 0 Å². The lowest BCUT2D eigenvalue weighted by Gasteiger charge is -1.98. The highest BCUT2D eigenvalue weighted by molar-refractivity contribution is 5.92.